The molecule has 0 aliphatic heterocycles. The first-order chi connectivity index (χ1) is 8.84. The molecule has 2 rings (SSSR count). The van der Waals surface area contributed by atoms with Gasteiger partial charge in [0.2, 0.25) is 0 Å². The molecule has 0 amide bonds. The molecule has 1 aromatic heterocycles. The predicted molar refractivity (Wildman–Crippen MR) is 59.2 cm³/mol. The number of hydrogen-bond acceptors (Lipinski definition) is 2. The van der Waals surface area contributed by atoms with E-state index in [1.54, 1.807) is 0 Å². The smallest absolute Gasteiger partial charge is 0.417 e. The lowest BCUT2D eigenvalue weighted by molar-refractivity contribution is -0.137. The molecule has 0 unspecified atom stereocenters. The van der Waals surface area contributed by atoms with Gasteiger partial charge in [0.05, 0.1) is 5.56 Å². The van der Waals surface area contributed by atoms with Crippen molar-refractivity contribution in [2.75, 3.05) is 0 Å². The van der Waals surface area contributed by atoms with E-state index in [0.29, 0.717) is 6.29 Å². The third-order valence-electron chi connectivity index (χ3n) is 2.69. The number of carbonyl (C=O) groups excluding carboxylic acids is 1. The minimum atomic E-state index is -4.71. The molecule has 0 N–H and O–H groups in total. The molecule has 1 heterocycles. The van der Waals surface area contributed by atoms with Crippen LogP contribution in [0.3, 0.4) is 0 Å². The molecule has 0 saturated heterocycles. The fraction of sp³-hybridized carbons (Fsp3) is 0.154. The van der Waals surface area contributed by atoms with Crippen LogP contribution in [-0.4, -0.2) is 6.29 Å². The first-order valence-corrected chi connectivity index (χ1v) is 5.26. The van der Waals surface area contributed by atoms with E-state index in [1.807, 2.05) is 0 Å². The lowest BCUT2D eigenvalue weighted by Crippen LogP contribution is -2.11. The van der Waals surface area contributed by atoms with E-state index < -0.39 is 23.1 Å². The standard InChI is InChI=1S/C13H8F4O2/c1-7-10(14)4-3-9(12(7)13(15,16)17)11-5-2-8(6-18)19-11/h2-6H,1H3. The summed E-state index contributed by atoms with van der Waals surface area (Å²) in [5, 5.41) is 0. The zero-order valence-corrected chi connectivity index (χ0v) is 9.72. The molecule has 2 nitrogen and oxygen atoms in total. The Balaban J connectivity index is 2.70. The molecule has 19 heavy (non-hydrogen) atoms. The lowest BCUT2D eigenvalue weighted by Gasteiger charge is -2.14. The Bertz CT molecular complexity index is 626. The Labute approximate surface area is 105 Å². The average molecular weight is 272 g/mol. The van der Waals surface area contributed by atoms with Crippen LogP contribution >= 0.6 is 0 Å². The van der Waals surface area contributed by atoms with E-state index in [2.05, 4.69) is 0 Å². The maximum Gasteiger partial charge on any atom is 0.417 e. The number of carbonyl (C=O) groups is 1. The predicted octanol–water partition coefficient (Wildman–Crippen LogP) is 4.23. The number of hydrogen-bond donors (Lipinski definition) is 0. The van der Waals surface area contributed by atoms with Crippen molar-refractivity contribution in [1.82, 2.24) is 0 Å². The summed E-state index contributed by atoms with van der Waals surface area (Å²) in [4.78, 5) is 10.5. The maximum atomic E-state index is 13.3. The molecule has 2 aromatic rings. The third kappa shape index (κ3) is 2.38. The lowest BCUT2D eigenvalue weighted by atomic mass is 9.99. The molecule has 0 spiro atoms. The third-order valence-corrected chi connectivity index (χ3v) is 2.69. The highest BCUT2D eigenvalue weighted by atomic mass is 19.4. The van der Waals surface area contributed by atoms with Gasteiger partial charge in [0.1, 0.15) is 11.6 Å². The summed E-state index contributed by atoms with van der Waals surface area (Å²) in [7, 11) is 0. The van der Waals surface area contributed by atoms with Gasteiger partial charge >= 0.3 is 6.18 Å². The van der Waals surface area contributed by atoms with E-state index in [9.17, 15) is 22.4 Å². The molecule has 0 saturated carbocycles. The van der Waals surface area contributed by atoms with Crippen molar-refractivity contribution in [2.24, 2.45) is 0 Å². The maximum absolute atomic E-state index is 13.3. The summed E-state index contributed by atoms with van der Waals surface area (Å²) in [6.45, 7) is 1.05. The molecule has 0 atom stereocenters. The van der Waals surface area contributed by atoms with Crippen LogP contribution in [0.5, 0.6) is 0 Å². The van der Waals surface area contributed by atoms with Crippen LogP contribution in [0, 0.1) is 12.7 Å². The molecule has 0 bridgehead atoms. The summed E-state index contributed by atoms with van der Waals surface area (Å²) in [6.07, 6.45) is -4.33. The Morgan fingerprint density at radius 2 is 1.84 bits per heavy atom. The van der Waals surface area contributed by atoms with Crippen molar-refractivity contribution in [3.05, 3.63) is 47.0 Å². The van der Waals surface area contributed by atoms with Crippen LogP contribution < -0.4 is 0 Å². The van der Waals surface area contributed by atoms with Gasteiger partial charge in [-0.1, -0.05) is 0 Å². The minimum Gasteiger partial charge on any atom is -0.453 e. The second kappa shape index (κ2) is 4.53. The number of furan rings is 1. The van der Waals surface area contributed by atoms with E-state index in [4.69, 9.17) is 4.42 Å². The van der Waals surface area contributed by atoms with Gasteiger partial charge < -0.3 is 4.42 Å². The first kappa shape index (κ1) is 13.3. The van der Waals surface area contributed by atoms with E-state index >= 15 is 0 Å². The quantitative estimate of drug-likeness (QED) is 0.605. The number of alkyl halides is 3. The Hall–Kier alpha value is -2.11. The van der Waals surface area contributed by atoms with Crippen molar-refractivity contribution in [2.45, 2.75) is 13.1 Å². The van der Waals surface area contributed by atoms with Crippen molar-refractivity contribution >= 4 is 6.29 Å². The Kier molecular flexibility index (Phi) is 3.18. The van der Waals surface area contributed by atoms with Crippen LogP contribution in [-0.2, 0) is 6.18 Å². The molecular formula is C13H8F4O2. The number of benzene rings is 1. The zero-order chi connectivity index (χ0) is 14.2. The van der Waals surface area contributed by atoms with Gasteiger partial charge in [-0.15, -0.1) is 0 Å². The largest absolute Gasteiger partial charge is 0.453 e. The number of rotatable bonds is 2. The van der Waals surface area contributed by atoms with Gasteiger partial charge in [0.15, 0.2) is 12.0 Å². The molecule has 0 aliphatic rings. The highest BCUT2D eigenvalue weighted by Gasteiger charge is 2.37. The topological polar surface area (TPSA) is 30.2 Å². The minimum absolute atomic E-state index is 0.0925. The van der Waals surface area contributed by atoms with Crippen LogP contribution in [0.15, 0.2) is 28.7 Å². The fourth-order valence-electron chi connectivity index (χ4n) is 1.82. The summed E-state index contributed by atoms with van der Waals surface area (Å²) in [5.74, 6) is -1.17. The zero-order valence-electron chi connectivity index (χ0n) is 9.72. The highest BCUT2D eigenvalue weighted by molar-refractivity contribution is 5.74. The van der Waals surface area contributed by atoms with Crippen LogP contribution in [0.4, 0.5) is 17.6 Å². The monoisotopic (exact) mass is 272 g/mol. The molecular weight excluding hydrogens is 264 g/mol. The first-order valence-electron chi connectivity index (χ1n) is 5.26. The molecule has 0 radical (unpaired) electrons. The van der Waals surface area contributed by atoms with Gasteiger partial charge in [0, 0.05) is 5.56 Å². The normalized spacial score (nSPS) is 11.6. The van der Waals surface area contributed by atoms with Crippen LogP contribution in [0.25, 0.3) is 11.3 Å². The second-order valence-electron chi connectivity index (χ2n) is 3.91. The molecule has 0 fully saturated rings. The molecule has 6 heteroatoms. The summed E-state index contributed by atoms with van der Waals surface area (Å²) >= 11 is 0. The molecule has 0 aliphatic carbocycles. The van der Waals surface area contributed by atoms with Crippen molar-refractivity contribution in [3.8, 4) is 11.3 Å². The second-order valence-corrected chi connectivity index (χ2v) is 3.91. The van der Waals surface area contributed by atoms with Gasteiger partial charge in [-0.2, -0.15) is 13.2 Å². The van der Waals surface area contributed by atoms with Crippen molar-refractivity contribution in [3.63, 3.8) is 0 Å². The number of halogens is 4. The van der Waals surface area contributed by atoms with E-state index in [0.717, 1.165) is 19.1 Å². The van der Waals surface area contributed by atoms with Crippen molar-refractivity contribution < 1.29 is 26.8 Å². The summed E-state index contributed by atoms with van der Waals surface area (Å²) in [5.41, 5.74) is -1.90. The van der Waals surface area contributed by atoms with Crippen molar-refractivity contribution in [1.29, 1.82) is 0 Å². The Morgan fingerprint density at radius 3 is 2.37 bits per heavy atom. The van der Waals surface area contributed by atoms with Gasteiger partial charge in [-0.05, 0) is 36.8 Å². The molecule has 100 valence electrons. The Morgan fingerprint density at radius 1 is 1.16 bits per heavy atom. The fourth-order valence-corrected chi connectivity index (χ4v) is 1.82. The highest BCUT2D eigenvalue weighted by Crippen LogP contribution is 2.40. The van der Waals surface area contributed by atoms with Gasteiger partial charge in [-0.3, -0.25) is 4.79 Å². The summed E-state index contributed by atoms with van der Waals surface area (Å²) < 4.78 is 57.2. The summed E-state index contributed by atoms with van der Waals surface area (Å²) in [6, 6.07) is 4.41. The van der Waals surface area contributed by atoms with E-state index in [1.165, 1.54) is 12.1 Å². The molecule has 1 aromatic carbocycles. The van der Waals surface area contributed by atoms with Crippen LogP contribution in [0.2, 0.25) is 0 Å². The SMILES string of the molecule is Cc1c(F)ccc(-c2ccc(C=O)o2)c1C(F)(F)F. The van der Waals surface area contributed by atoms with Crippen LogP contribution in [0.1, 0.15) is 21.7 Å². The van der Waals surface area contributed by atoms with E-state index in [-0.39, 0.29) is 17.1 Å². The van der Waals surface area contributed by atoms with Gasteiger partial charge in [0.25, 0.3) is 0 Å². The van der Waals surface area contributed by atoms with Gasteiger partial charge in [-0.25, -0.2) is 4.39 Å². The number of aldehydes is 1. The average Bonchev–Trinajstić information content (AvgIpc) is 2.79.